The van der Waals surface area contributed by atoms with Crippen molar-refractivity contribution < 1.29 is 62.2 Å². The standard InChI is InChI=1S/C37H61NO13/c1-17-15-37(16-45-37)34(42)20(4)29(40)19(3)23(7)48-35(43)22(6)32(50-28-14-27(44-12)30(41)24(8)47-28)21(5)31(17)51-36-33(49-25(9)39)26(38(10)11)13-18(2)46-36/h17-24,26-29,31-33,36,40H,13-16H2,1-12H3/t17?,18?,19-,20+,21?,22?,23?,24?,26?,27?,28-,29-,31-,32?,33+,36?,37+/m0/s1. The summed E-state index contributed by atoms with van der Waals surface area (Å²) in [6.45, 7) is 15.7. The van der Waals surface area contributed by atoms with Crippen LogP contribution in [-0.4, -0.2) is 134 Å². The van der Waals surface area contributed by atoms with Gasteiger partial charge in [-0.25, -0.2) is 0 Å². The van der Waals surface area contributed by atoms with Gasteiger partial charge in [0.05, 0.1) is 43.0 Å². The molecule has 10 unspecified atom stereocenters. The Balaban J connectivity index is 1.79. The van der Waals surface area contributed by atoms with Gasteiger partial charge in [0.1, 0.15) is 18.3 Å². The number of carbonyl (C=O) groups is 4. The quantitative estimate of drug-likeness (QED) is 0.300. The number of likely N-dealkylation sites (N-methyl/N-ethyl adjacent to an activating group) is 1. The van der Waals surface area contributed by atoms with E-state index < -0.39 is 102 Å². The molecule has 0 amide bonds. The Morgan fingerprint density at radius 3 is 2.10 bits per heavy atom. The van der Waals surface area contributed by atoms with E-state index in [1.54, 1.807) is 34.6 Å². The van der Waals surface area contributed by atoms with Crippen molar-refractivity contribution in [1.29, 1.82) is 0 Å². The normalized spacial score (nSPS) is 46.0. The van der Waals surface area contributed by atoms with Gasteiger partial charge in [-0.1, -0.05) is 27.7 Å². The fraction of sp³-hybridized carbons (Fsp3) is 0.892. The number of hydrogen-bond donors (Lipinski definition) is 1. The molecule has 0 radical (unpaired) electrons. The molecule has 1 N–H and O–H groups in total. The molecular formula is C37H61NO13. The predicted octanol–water partition coefficient (Wildman–Crippen LogP) is 2.69. The lowest BCUT2D eigenvalue weighted by Crippen LogP contribution is -2.58. The molecule has 0 saturated carbocycles. The molecule has 51 heavy (non-hydrogen) atoms. The van der Waals surface area contributed by atoms with Crippen LogP contribution in [0.1, 0.15) is 81.6 Å². The summed E-state index contributed by atoms with van der Waals surface area (Å²) in [7, 11) is 5.26. The predicted molar refractivity (Wildman–Crippen MR) is 182 cm³/mol. The number of Topliss-reactive ketones (excluding diaryl/α,β-unsaturated/α-hetero) is 2. The van der Waals surface area contributed by atoms with E-state index in [4.69, 9.17) is 37.9 Å². The monoisotopic (exact) mass is 727 g/mol. The number of cyclic esters (lactones) is 1. The number of esters is 2. The van der Waals surface area contributed by atoms with Crippen LogP contribution in [0, 0.1) is 29.6 Å². The molecule has 4 saturated heterocycles. The Kier molecular flexibility index (Phi) is 13.9. The topological polar surface area (TPSA) is 169 Å². The van der Waals surface area contributed by atoms with Crippen molar-refractivity contribution in [3.63, 3.8) is 0 Å². The zero-order chi connectivity index (χ0) is 38.1. The fourth-order valence-electron chi connectivity index (χ4n) is 8.07. The summed E-state index contributed by atoms with van der Waals surface area (Å²) in [4.78, 5) is 55.0. The van der Waals surface area contributed by atoms with Crippen LogP contribution in [0.5, 0.6) is 0 Å². The van der Waals surface area contributed by atoms with Crippen LogP contribution in [0.2, 0.25) is 0 Å². The molecule has 4 fully saturated rings. The van der Waals surface area contributed by atoms with E-state index in [-0.39, 0.29) is 43.2 Å². The maximum Gasteiger partial charge on any atom is 0.311 e. The third kappa shape index (κ3) is 9.37. The minimum Gasteiger partial charge on any atom is -0.462 e. The zero-order valence-electron chi connectivity index (χ0n) is 32.4. The molecule has 1 spiro atoms. The minimum atomic E-state index is -1.14. The maximum atomic E-state index is 14.0. The van der Waals surface area contributed by atoms with Gasteiger partial charge in [-0.3, -0.25) is 19.2 Å². The van der Waals surface area contributed by atoms with Gasteiger partial charge in [0.2, 0.25) is 0 Å². The average molecular weight is 728 g/mol. The molecular weight excluding hydrogens is 666 g/mol. The molecule has 17 atom stereocenters. The van der Waals surface area contributed by atoms with Crippen molar-refractivity contribution in [2.24, 2.45) is 29.6 Å². The summed E-state index contributed by atoms with van der Waals surface area (Å²) < 4.78 is 49.1. The molecule has 14 heteroatoms. The van der Waals surface area contributed by atoms with E-state index in [2.05, 4.69) is 0 Å². The molecule has 4 aliphatic rings. The number of aliphatic hydroxyl groups excluding tert-OH is 1. The number of aliphatic hydroxyl groups is 1. The molecule has 4 rings (SSSR count). The van der Waals surface area contributed by atoms with Gasteiger partial charge < -0.3 is 47.9 Å². The van der Waals surface area contributed by atoms with Crippen molar-refractivity contribution in [3.8, 4) is 0 Å². The van der Waals surface area contributed by atoms with Crippen LogP contribution in [0.3, 0.4) is 0 Å². The molecule has 4 heterocycles. The first kappa shape index (κ1) is 41.7. The summed E-state index contributed by atoms with van der Waals surface area (Å²) in [5, 5.41) is 11.3. The van der Waals surface area contributed by atoms with Gasteiger partial charge in [0.25, 0.3) is 0 Å². The van der Waals surface area contributed by atoms with E-state index in [0.717, 1.165) is 0 Å². The molecule has 292 valence electrons. The first-order chi connectivity index (χ1) is 23.8. The van der Waals surface area contributed by atoms with E-state index in [9.17, 15) is 24.3 Å². The van der Waals surface area contributed by atoms with Crippen LogP contribution >= 0.6 is 0 Å². The van der Waals surface area contributed by atoms with Crippen LogP contribution in [0.25, 0.3) is 0 Å². The molecule has 0 aliphatic carbocycles. The first-order valence-corrected chi connectivity index (χ1v) is 18.4. The van der Waals surface area contributed by atoms with Crippen LogP contribution in [0.15, 0.2) is 0 Å². The number of nitrogens with zero attached hydrogens (tertiary/aromatic N) is 1. The number of epoxide rings is 1. The molecule has 0 aromatic rings. The second-order valence-electron chi connectivity index (χ2n) is 15.7. The highest BCUT2D eigenvalue weighted by atomic mass is 16.7. The lowest BCUT2D eigenvalue weighted by atomic mass is 9.76. The third-order valence-electron chi connectivity index (χ3n) is 11.5. The number of methoxy groups -OCH3 is 1. The summed E-state index contributed by atoms with van der Waals surface area (Å²) in [6, 6.07) is -0.223. The van der Waals surface area contributed by atoms with Gasteiger partial charge in [-0.2, -0.15) is 0 Å². The smallest absolute Gasteiger partial charge is 0.311 e. The Labute approximate surface area is 302 Å². The second-order valence-corrected chi connectivity index (χ2v) is 15.7. The van der Waals surface area contributed by atoms with Gasteiger partial charge in [0.15, 0.2) is 35.9 Å². The van der Waals surface area contributed by atoms with E-state index in [1.165, 1.54) is 14.0 Å². The van der Waals surface area contributed by atoms with Crippen LogP contribution < -0.4 is 0 Å². The fourth-order valence-corrected chi connectivity index (χ4v) is 8.07. The number of ether oxygens (including phenoxy) is 8. The summed E-state index contributed by atoms with van der Waals surface area (Å²) in [5.74, 6) is -4.70. The van der Waals surface area contributed by atoms with Gasteiger partial charge in [0, 0.05) is 38.2 Å². The lowest BCUT2D eigenvalue weighted by molar-refractivity contribution is -0.294. The van der Waals surface area contributed by atoms with Crippen molar-refractivity contribution in [2.45, 2.75) is 155 Å². The van der Waals surface area contributed by atoms with Crippen molar-refractivity contribution in [2.75, 3.05) is 27.8 Å². The number of rotatable bonds is 7. The Hall–Kier alpha value is -2.04. The SMILES string of the molecule is COC1C[C@H](OC2C(C)C(=O)OC(C)[C@H](C)[C@H](O)[C@@H](C)C(=O)[C@]3(CO3)CC(C)[C@H](OC3OC(C)CC(N(C)C)[C@H]3OC(C)=O)C2C)OC(C)C1=O. The maximum absolute atomic E-state index is 14.0. The Morgan fingerprint density at radius 2 is 1.53 bits per heavy atom. The van der Waals surface area contributed by atoms with Gasteiger partial charge >= 0.3 is 11.9 Å². The Morgan fingerprint density at radius 1 is 0.882 bits per heavy atom. The lowest BCUT2D eigenvalue weighted by Gasteiger charge is -2.46. The first-order valence-electron chi connectivity index (χ1n) is 18.4. The third-order valence-corrected chi connectivity index (χ3v) is 11.5. The van der Waals surface area contributed by atoms with E-state index in [0.29, 0.717) is 6.42 Å². The molecule has 0 aromatic carbocycles. The van der Waals surface area contributed by atoms with Crippen molar-refractivity contribution in [1.82, 2.24) is 4.90 Å². The van der Waals surface area contributed by atoms with Gasteiger partial charge in [-0.15, -0.1) is 0 Å². The highest BCUT2D eigenvalue weighted by Gasteiger charge is 2.57. The largest absolute Gasteiger partial charge is 0.462 e. The van der Waals surface area contributed by atoms with Crippen LogP contribution in [-0.2, 0) is 57.1 Å². The van der Waals surface area contributed by atoms with Crippen molar-refractivity contribution >= 4 is 23.5 Å². The average Bonchev–Trinajstić information content (AvgIpc) is 3.85. The van der Waals surface area contributed by atoms with Crippen LogP contribution in [0.4, 0.5) is 0 Å². The number of ketones is 2. The second kappa shape index (κ2) is 17.0. The summed E-state index contributed by atoms with van der Waals surface area (Å²) >= 11 is 0. The molecule has 0 bridgehead atoms. The summed E-state index contributed by atoms with van der Waals surface area (Å²) in [5.41, 5.74) is -1.14. The van der Waals surface area contributed by atoms with E-state index in [1.807, 2.05) is 39.8 Å². The van der Waals surface area contributed by atoms with Crippen molar-refractivity contribution in [3.05, 3.63) is 0 Å². The molecule has 0 aromatic heterocycles. The molecule has 14 nitrogen and oxygen atoms in total. The summed E-state index contributed by atoms with van der Waals surface area (Å²) in [6.07, 6.45) is -7.04. The number of hydrogen-bond acceptors (Lipinski definition) is 14. The Bertz CT molecular complexity index is 1240. The highest BCUT2D eigenvalue weighted by molar-refractivity contribution is 5.92. The zero-order valence-corrected chi connectivity index (χ0v) is 32.4. The molecule has 4 aliphatic heterocycles. The van der Waals surface area contributed by atoms with E-state index >= 15 is 0 Å². The highest BCUT2D eigenvalue weighted by Crippen LogP contribution is 2.43. The minimum absolute atomic E-state index is 0.108. The number of carbonyl (C=O) groups excluding carboxylic acids is 4. The van der Waals surface area contributed by atoms with Gasteiger partial charge in [-0.05, 0) is 60.5 Å².